The fourth-order valence-electron chi connectivity index (χ4n) is 6.46. The number of esters is 2. The van der Waals surface area contributed by atoms with Crippen LogP contribution in [0.25, 0.3) is 0 Å². The highest BCUT2D eigenvalue weighted by Gasteiger charge is 2.22. The Kier molecular flexibility index (Phi) is 40.6. The van der Waals surface area contributed by atoms with Crippen LogP contribution in [0.4, 0.5) is 0 Å². The first-order valence-electron chi connectivity index (χ1n) is 22.8. The van der Waals surface area contributed by atoms with Crippen molar-refractivity contribution in [1.82, 2.24) is 0 Å². The number of carbonyl (C=O) groups excluding carboxylic acids is 2. The van der Waals surface area contributed by atoms with E-state index in [1.165, 1.54) is 135 Å². The van der Waals surface area contributed by atoms with Crippen LogP contribution in [0.3, 0.4) is 0 Å². The van der Waals surface area contributed by atoms with Crippen LogP contribution in [-0.4, -0.2) is 41.0 Å². The average molecular weight is 797 g/mol. The summed E-state index contributed by atoms with van der Waals surface area (Å²) in [6, 6.07) is 0. The number of unbranched alkanes of at least 4 members (excludes halogenated alkanes) is 26. The maximum absolute atomic E-state index is 12.4. The van der Waals surface area contributed by atoms with Gasteiger partial charge in [0.05, 0.1) is 6.61 Å². The van der Waals surface area contributed by atoms with E-state index in [4.69, 9.17) is 19.3 Å². The Morgan fingerprint density at radius 2 is 0.818 bits per heavy atom. The van der Waals surface area contributed by atoms with Crippen molar-refractivity contribution >= 4 is 19.8 Å². The molecule has 0 spiro atoms. The number of ether oxygens (including phenoxy) is 2. The molecule has 55 heavy (non-hydrogen) atoms. The summed E-state index contributed by atoms with van der Waals surface area (Å²) in [5.74, 6) is -0.897. The fraction of sp³-hybridized carbons (Fsp3) is 0.826. The third-order valence-electron chi connectivity index (χ3n) is 9.88. The normalized spacial score (nSPS) is 12.7. The Balaban J connectivity index is 3.87. The summed E-state index contributed by atoms with van der Waals surface area (Å²) < 4.78 is 26.4. The van der Waals surface area contributed by atoms with Crippen LogP contribution in [0, 0.1) is 0 Å². The summed E-state index contributed by atoms with van der Waals surface area (Å²) >= 11 is 0. The summed E-state index contributed by atoms with van der Waals surface area (Å²) in [4.78, 5) is 42.9. The quantitative estimate of drug-likeness (QED) is 0.0271. The van der Waals surface area contributed by atoms with E-state index in [2.05, 4.69) is 54.8 Å². The molecule has 1 unspecified atom stereocenters. The number of phosphoric ester groups is 1. The molecule has 0 aliphatic carbocycles. The summed E-state index contributed by atoms with van der Waals surface area (Å²) in [6.45, 7) is 3.67. The molecule has 0 fully saturated rings. The molecule has 0 radical (unpaired) electrons. The molecule has 0 rings (SSSR count). The van der Waals surface area contributed by atoms with Crippen molar-refractivity contribution in [1.29, 1.82) is 0 Å². The van der Waals surface area contributed by atoms with Crippen molar-refractivity contribution in [2.24, 2.45) is 0 Å². The van der Waals surface area contributed by atoms with Gasteiger partial charge < -0.3 is 19.3 Å². The van der Waals surface area contributed by atoms with E-state index in [1.807, 2.05) is 0 Å². The molecule has 0 amide bonds. The van der Waals surface area contributed by atoms with Crippen molar-refractivity contribution in [3.63, 3.8) is 0 Å². The van der Waals surface area contributed by atoms with Crippen molar-refractivity contribution < 1.29 is 37.9 Å². The zero-order valence-electron chi connectivity index (χ0n) is 35.6. The smallest absolute Gasteiger partial charge is 0.462 e. The van der Waals surface area contributed by atoms with Crippen molar-refractivity contribution in [2.45, 2.75) is 232 Å². The maximum atomic E-state index is 12.4. The molecule has 0 saturated carbocycles. The molecule has 2 N–H and O–H groups in total. The second-order valence-corrected chi connectivity index (χ2v) is 16.6. The third kappa shape index (κ3) is 44.8. The largest absolute Gasteiger partial charge is 0.469 e. The molecule has 0 bridgehead atoms. The molecule has 0 aromatic carbocycles. The zero-order chi connectivity index (χ0) is 40.3. The lowest BCUT2D eigenvalue weighted by molar-refractivity contribution is -0.161. The van der Waals surface area contributed by atoms with Crippen LogP contribution in [-0.2, 0) is 28.2 Å². The Bertz CT molecular complexity index is 988. The van der Waals surface area contributed by atoms with E-state index in [-0.39, 0.29) is 19.4 Å². The van der Waals surface area contributed by atoms with Gasteiger partial charge in [0, 0.05) is 12.8 Å². The number of hydrogen-bond donors (Lipinski definition) is 2. The lowest BCUT2D eigenvalue weighted by atomic mass is 10.1. The Hall–Kier alpha value is -1.73. The first kappa shape index (κ1) is 53.3. The average Bonchev–Trinajstić information content (AvgIpc) is 3.16. The van der Waals surface area contributed by atoms with Gasteiger partial charge in [-0.25, -0.2) is 4.57 Å². The summed E-state index contributed by atoms with van der Waals surface area (Å²) in [5, 5.41) is 0. The number of rotatable bonds is 42. The highest BCUT2D eigenvalue weighted by Crippen LogP contribution is 2.36. The molecular weight excluding hydrogens is 711 g/mol. The molecule has 1 atom stereocenters. The number of carbonyl (C=O) groups is 2. The topological polar surface area (TPSA) is 119 Å². The van der Waals surface area contributed by atoms with Gasteiger partial charge in [-0.2, -0.15) is 0 Å². The van der Waals surface area contributed by atoms with Gasteiger partial charge in [-0.1, -0.05) is 179 Å². The Labute approximate surface area is 338 Å². The lowest BCUT2D eigenvalue weighted by Gasteiger charge is -2.18. The Morgan fingerprint density at radius 3 is 1.24 bits per heavy atom. The highest BCUT2D eigenvalue weighted by atomic mass is 31.2. The van der Waals surface area contributed by atoms with Crippen LogP contribution in [0.15, 0.2) is 36.5 Å². The molecule has 0 aliphatic rings. The second-order valence-electron chi connectivity index (χ2n) is 15.4. The van der Waals surface area contributed by atoms with Gasteiger partial charge in [0.25, 0.3) is 0 Å². The van der Waals surface area contributed by atoms with E-state index >= 15 is 0 Å². The monoisotopic (exact) mass is 797 g/mol. The van der Waals surface area contributed by atoms with E-state index in [0.717, 1.165) is 57.8 Å². The first-order valence-corrected chi connectivity index (χ1v) is 24.3. The molecule has 0 aromatic heterocycles. The van der Waals surface area contributed by atoms with Gasteiger partial charge >= 0.3 is 19.8 Å². The maximum Gasteiger partial charge on any atom is 0.469 e. The first-order chi connectivity index (χ1) is 26.8. The third-order valence-corrected chi connectivity index (χ3v) is 10.4. The van der Waals surface area contributed by atoms with Gasteiger partial charge in [0.15, 0.2) is 6.10 Å². The SMILES string of the molecule is CCCCCC/C=C\C/C=C\CCCCCCCC(=O)OC(COC(=O)CCCCCCCCCCC/C=C\CCCCCCCCCC)COP(=O)(O)O. The molecule has 0 saturated heterocycles. The van der Waals surface area contributed by atoms with Crippen LogP contribution in [0.2, 0.25) is 0 Å². The van der Waals surface area contributed by atoms with Gasteiger partial charge in [0.2, 0.25) is 0 Å². The predicted octanol–water partition coefficient (Wildman–Crippen LogP) is 14.1. The highest BCUT2D eigenvalue weighted by molar-refractivity contribution is 7.46. The van der Waals surface area contributed by atoms with E-state index in [0.29, 0.717) is 6.42 Å². The molecule has 322 valence electrons. The lowest BCUT2D eigenvalue weighted by Crippen LogP contribution is -2.29. The minimum absolute atomic E-state index is 0.196. The number of hydrogen-bond acceptors (Lipinski definition) is 6. The van der Waals surface area contributed by atoms with Gasteiger partial charge in [-0.15, -0.1) is 0 Å². The summed E-state index contributed by atoms with van der Waals surface area (Å²) in [6.07, 6.45) is 50.1. The van der Waals surface area contributed by atoms with Crippen LogP contribution >= 0.6 is 7.82 Å². The molecular formula is C46H85O8P. The fourth-order valence-corrected chi connectivity index (χ4v) is 6.82. The minimum atomic E-state index is -4.76. The minimum Gasteiger partial charge on any atom is -0.462 e. The van der Waals surface area contributed by atoms with Crippen LogP contribution in [0.5, 0.6) is 0 Å². The zero-order valence-corrected chi connectivity index (χ0v) is 36.5. The van der Waals surface area contributed by atoms with Gasteiger partial charge in [0.1, 0.15) is 6.61 Å². The Morgan fingerprint density at radius 1 is 0.473 bits per heavy atom. The molecule has 0 aliphatic heterocycles. The van der Waals surface area contributed by atoms with Crippen LogP contribution in [0.1, 0.15) is 226 Å². The van der Waals surface area contributed by atoms with Crippen molar-refractivity contribution in [2.75, 3.05) is 13.2 Å². The van der Waals surface area contributed by atoms with Crippen LogP contribution < -0.4 is 0 Å². The molecule has 8 nitrogen and oxygen atoms in total. The standard InChI is InChI=1S/C46H85O8P/c1-3-5-7-9-11-13-15-17-19-21-22-23-24-25-27-28-30-32-34-36-38-40-45(47)52-42-44(43-53-55(49,50)51)54-46(48)41-39-37-35-33-31-29-26-20-18-16-14-12-10-8-6-4-2/h14,16,20-22,26,44H,3-13,15,17-19,23-25,27-43H2,1-2H3,(H2,49,50,51)/b16-14-,22-21-,26-20-. The van der Waals surface area contributed by atoms with E-state index in [9.17, 15) is 14.2 Å². The molecule has 0 heterocycles. The van der Waals surface area contributed by atoms with Gasteiger partial charge in [-0.3, -0.25) is 14.1 Å². The second kappa shape index (κ2) is 41.9. The van der Waals surface area contributed by atoms with Gasteiger partial charge in [-0.05, 0) is 70.6 Å². The van der Waals surface area contributed by atoms with Crippen molar-refractivity contribution in [3.05, 3.63) is 36.5 Å². The van der Waals surface area contributed by atoms with E-state index in [1.54, 1.807) is 0 Å². The van der Waals surface area contributed by atoms with E-state index < -0.39 is 32.5 Å². The predicted molar refractivity (Wildman–Crippen MR) is 230 cm³/mol. The molecule has 9 heteroatoms. The number of phosphoric acid groups is 1. The summed E-state index contributed by atoms with van der Waals surface area (Å²) in [7, 11) is -4.76. The summed E-state index contributed by atoms with van der Waals surface area (Å²) in [5.41, 5.74) is 0. The van der Waals surface area contributed by atoms with Crippen molar-refractivity contribution in [3.8, 4) is 0 Å². The number of allylic oxidation sites excluding steroid dienone is 6. The molecule has 0 aromatic rings.